The lowest BCUT2D eigenvalue weighted by Gasteiger charge is -2.23. The molecule has 2 heterocycles. The van der Waals surface area contributed by atoms with Crippen LogP contribution in [0.2, 0.25) is 5.28 Å². The number of hydrogen-bond acceptors (Lipinski definition) is 7. The Labute approximate surface area is 123 Å². The predicted octanol–water partition coefficient (Wildman–Crippen LogP) is 1.30. The second kappa shape index (κ2) is 5.69. The Morgan fingerprint density at radius 3 is 2.75 bits per heavy atom. The Morgan fingerprint density at radius 1 is 1.40 bits per heavy atom. The molecule has 20 heavy (non-hydrogen) atoms. The molecule has 1 aliphatic heterocycles. The molecule has 0 aliphatic carbocycles. The van der Waals surface area contributed by atoms with E-state index in [4.69, 9.17) is 16.3 Å². The smallest absolute Gasteiger partial charge is 0.322 e. The van der Waals surface area contributed by atoms with Crippen LogP contribution in [0.4, 0.5) is 5.95 Å². The molecule has 0 bridgehead atoms. The van der Waals surface area contributed by atoms with Crippen LogP contribution >= 0.6 is 11.6 Å². The average molecular weight is 321 g/mol. The lowest BCUT2D eigenvalue weighted by atomic mass is 10.0. The van der Waals surface area contributed by atoms with Gasteiger partial charge in [0, 0.05) is 0 Å². The number of sulfone groups is 1. The number of ether oxygens (including phenoxy) is 1. The fourth-order valence-corrected chi connectivity index (χ4v) is 4.27. The Morgan fingerprint density at radius 2 is 2.15 bits per heavy atom. The highest BCUT2D eigenvalue weighted by Crippen LogP contribution is 2.26. The van der Waals surface area contributed by atoms with Crippen LogP contribution in [-0.2, 0) is 9.84 Å². The molecule has 0 saturated carbocycles. The van der Waals surface area contributed by atoms with Crippen molar-refractivity contribution in [3.05, 3.63) is 5.28 Å². The van der Waals surface area contributed by atoms with Gasteiger partial charge in [0.2, 0.25) is 11.2 Å². The molecule has 1 unspecified atom stereocenters. The summed E-state index contributed by atoms with van der Waals surface area (Å²) in [5.74, 6) is 0.443. The molecule has 7 nitrogen and oxygen atoms in total. The maximum absolute atomic E-state index is 11.6. The number of aromatic nitrogens is 3. The van der Waals surface area contributed by atoms with Crippen molar-refractivity contribution in [2.24, 2.45) is 0 Å². The highest BCUT2D eigenvalue weighted by Gasteiger charge is 2.39. The number of nitrogens with one attached hydrogen (secondary N) is 1. The highest BCUT2D eigenvalue weighted by atomic mass is 35.5. The van der Waals surface area contributed by atoms with Crippen LogP contribution in [0.3, 0.4) is 0 Å². The second-order valence-corrected chi connectivity index (χ2v) is 7.61. The molecular weight excluding hydrogens is 304 g/mol. The average Bonchev–Trinajstić information content (AvgIpc) is 2.60. The monoisotopic (exact) mass is 320 g/mol. The number of halogens is 1. The summed E-state index contributed by atoms with van der Waals surface area (Å²) in [6.45, 7) is 4.26. The summed E-state index contributed by atoms with van der Waals surface area (Å²) < 4.78 is 28.4. The van der Waals surface area contributed by atoms with E-state index in [-0.39, 0.29) is 28.7 Å². The van der Waals surface area contributed by atoms with E-state index in [2.05, 4.69) is 20.3 Å². The summed E-state index contributed by atoms with van der Waals surface area (Å²) in [5.41, 5.74) is -0.592. The van der Waals surface area contributed by atoms with Crippen molar-refractivity contribution >= 4 is 27.4 Å². The van der Waals surface area contributed by atoms with Gasteiger partial charge < -0.3 is 10.1 Å². The lowest BCUT2D eigenvalue weighted by molar-refractivity contribution is 0.291. The van der Waals surface area contributed by atoms with Crippen molar-refractivity contribution in [1.82, 2.24) is 15.0 Å². The molecule has 9 heteroatoms. The van der Waals surface area contributed by atoms with E-state index in [9.17, 15) is 8.42 Å². The summed E-state index contributed by atoms with van der Waals surface area (Å²) in [7, 11) is -3.01. The topological polar surface area (TPSA) is 94.1 Å². The van der Waals surface area contributed by atoms with Crippen LogP contribution in [0.25, 0.3) is 0 Å². The van der Waals surface area contributed by atoms with Crippen molar-refractivity contribution in [2.45, 2.75) is 32.2 Å². The Kier molecular flexibility index (Phi) is 4.33. The van der Waals surface area contributed by atoms with E-state index in [1.807, 2.05) is 13.8 Å². The molecule has 1 atom stereocenters. The van der Waals surface area contributed by atoms with Gasteiger partial charge in [0.25, 0.3) is 0 Å². The maximum atomic E-state index is 11.6. The van der Waals surface area contributed by atoms with Crippen LogP contribution in [-0.4, -0.2) is 47.0 Å². The van der Waals surface area contributed by atoms with Gasteiger partial charge in [-0.2, -0.15) is 15.0 Å². The number of nitrogens with zero attached hydrogens (tertiary/aromatic N) is 3. The molecule has 112 valence electrons. The zero-order valence-corrected chi connectivity index (χ0v) is 13.0. The van der Waals surface area contributed by atoms with Gasteiger partial charge in [-0.15, -0.1) is 0 Å². The van der Waals surface area contributed by atoms with E-state index in [0.29, 0.717) is 13.0 Å². The normalized spacial score (nSPS) is 24.6. The highest BCUT2D eigenvalue weighted by molar-refractivity contribution is 7.91. The van der Waals surface area contributed by atoms with Gasteiger partial charge in [-0.1, -0.05) is 6.92 Å². The quantitative estimate of drug-likeness (QED) is 0.873. The molecule has 1 N–H and O–H groups in total. The van der Waals surface area contributed by atoms with Gasteiger partial charge in [0.1, 0.15) is 0 Å². The molecular formula is C11H17ClN4O3S. The summed E-state index contributed by atoms with van der Waals surface area (Å²) in [5, 5.41) is 3.04. The van der Waals surface area contributed by atoms with Crippen molar-refractivity contribution in [2.75, 3.05) is 23.4 Å². The third-order valence-electron chi connectivity index (χ3n) is 2.94. The van der Waals surface area contributed by atoms with E-state index in [1.165, 1.54) is 0 Å². The largest absolute Gasteiger partial charge is 0.463 e. The molecule has 0 radical (unpaired) electrons. The number of rotatable bonds is 5. The first-order chi connectivity index (χ1) is 9.32. The van der Waals surface area contributed by atoms with Crippen LogP contribution < -0.4 is 10.1 Å². The summed E-state index contributed by atoms with van der Waals surface area (Å²) >= 11 is 5.82. The molecule has 1 saturated heterocycles. The maximum Gasteiger partial charge on any atom is 0.322 e. The third kappa shape index (κ3) is 3.92. The summed E-state index contributed by atoms with van der Waals surface area (Å²) in [4.78, 5) is 11.9. The van der Waals surface area contributed by atoms with Crippen molar-refractivity contribution in [3.63, 3.8) is 0 Å². The standard InChI is InChI=1S/C11H17ClN4O3S/c1-3-5-19-10-14-8(12)13-9(15-10)16-11(2)4-6-20(17,18)7-11/h3-7H2,1-2H3,(H,13,14,15,16). The van der Waals surface area contributed by atoms with Gasteiger partial charge in [-0.3, -0.25) is 0 Å². The van der Waals surface area contributed by atoms with Gasteiger partial charge in [-0.25, -0.2) is 8.42 Å². The van der Waals surface area contributed by atoms with E-state index < -0.39 is 15.4 Å². The van der Waals surface area contributed by atoms with Gasteiger partial charge in [-0.05, 0) is 31.4 Å². The fraction of sp³-hybridized carbons (Fsp3) is 0.727. The molecule has 2 rings (SSSR count). The lowest BCUT2D eigenvalue weighted by Crippen LogP contribution is -2.36. The minimum absolute atomic E-state index is 0.0121. The van der Waals surface area contributed by atoms with Crippen LogP contribution in [0.5, 0.6) is 6.01 Å². The van der Waals surface area contributed by atoms with Gasteiger partial charge in [0.05, 0.1) is 23.7 Å². The molecule has 1 aliphatic rings. The zero-order chi connectivity index (χ0) is 14.8. The molecule has 1 aromatic rings. The first-order valence-corrected chi connectivity index (χ1v) is 8.55. The first kappa shape index (κ1) is 15.2. The first-order valence-electron chi connectivity index (χ1n) is 6.35. The summed E-state index contributed by atoms with van der Waals surface area (Å²) in [6.07, 6.45) is 1.33. The summed E-state index contributed by atoms with van der Waals surface area (Å²) in [6, 6.07) is 0.138. The van der Waals surface area contributed by atoms with Gasteiger partial charge in [0.15, 0.2) is 9.84 Å². The Bertz CT molecular complexity index is 595. The van der Waals surface area contributed by atoms with Crippen molar-refractivity contribution < 1.29 is 13.2 Å². The zero-order valence-electron chi connectivity index (χ0n) is 11.4. The Balaban J connectivity index is 2.15. The van der Waals surface area contributed by atoms with E-state index in [1.54, 1.807) is 0 Å². The number of hydrogen-bond donors (Lipinski definition) is 1. The molecule has 0 aromatic carbocycles. The molecule has 1 fully saturated rings. The van der Waals surface area contributed by atoms with Crippen LogP contribution in [0, 0.1) is 0 Å². The van der Waals surface area contributed by atoms with Gasteiger partial charge >= 0.3 is 6.01 Å². The predicted molar refractivity (Wildman–Crippen MR) is 75.9 cm³/mol. The number of anilines is 1. The van der Waals surface area contributed by atoms with E-state index >= 15 is 0 Å². The molecule has 0 amide bonds. The molecule has 1 aromatic heterocycles. The third-order valence-corrected chi connectivity index (χ3v) is 5.01. The minimum atomic E-state index is -3.01. The van der Waals surface area contributed by atoms with Crippen LogP contribution in [0.15, 0.2) is 0 Å². The van der Waals surface area contributed by atoms with Crippen molar-refractivity contribution in [1.29, 1.82) is 0 Å². The Hall–Kier alpha value is -1.15. The van der Waals surface area contributed by atoms with Crippen molar-refractivity contribution in [3.8, 4) is 6.01 Å². The second-order valence-electron chi connectivity index (χ2n) is 5.09. The minimum Gasteiger partial charge on any atom is -0.463 e. The molecule has 0 spiro atoms. The fourth-order valence-electron chi connectivity index (χ4n) is 2.02. The van der Waals surface area contributed by atoms with Crippen LogP contribution in [0.1, 0.15) is 26.7 Å². The van der Waals surface area contributed by atoms with E-state index in [0.717, 1.165) is 6.42 Å². The SMILES string of the molecule is CCCOc1nc(Cl)nc(NC2(C)CCS(=O)(=O)C2)n1.